The Labute approximate surface area is 132 Å². The van der Waals surface area contributed by atoms with Gasteiger partial charge in [-0.3, -0.25) is 4.79 Å². The van der Waals surface area contributed by atoms with E-state index >= 15 is 0 Å². The van der Waals surface area contributed by atoms with Crippen LogP contribution < -0.4 is 10.1 Å². The average molecular weight is 316 g/mol. The van der Waals surface area contributed by atoms with Crippen molar-refractivity contribution in [2.24, 2.45) is 5.92 Å². The standard InChI is InChI=1S/C15H16N4O4/c20-14(8-19-7-13(15(21)22)17-18-19)16-11-3-5-12(6-4-11)23-9-10-1-2-10/h3-7,10H,1-2,8-9H2,(H,16,20)(H,21,22). The molecule has 3 rings (SSSR count). The van der Waals surface area contributed by atoms with Gasteiger partial charge in [0.05, 0.1) is 12.8 Å². The molecule has 1 aromatic carbocycles. The van der Waals surface area contributed by atoms with Gasteiger partial charge >= 0.3 is 5.97 Å². The Bertz CT molecular complexity index is 707. The van der Waals surface area contributed by atoms with E-state index in [0.29, 0.717) is 11.6 Å². The van der Waals surface area contributed by atoms with E-state index in [-0.39, 0.29) is 18.1 Å². The van der Waals surface area contributed by atoms with Gasteiger partial charge in [-0.05, 0) is 43.0 Å². The monoisotopic (exact) mass is 316 g/mol. The first kappa shape index (κ1) is 15.0. The quantitative estimate of drug-likeness (QED) is 0.800. The lowest BCUT2D eigenvalue weighted by Gasteiger charge is -2.08. The average Bonchev–Trinajstić information content (AvgIpc) is 3.24. The number of anilines is 1. The van der Waals surface area contributed by atoms with Crippen LogP contribution in [0.3, 0.4) is 0 Å². The zero-order valence-electron chi connectivity index (χ0n) is 12.3. The number of carboxylic acid groups (broad SMARTS) is 1. The van der Waals surface area contributed by atoms with E-state index in [1.54, 1.807) is 24.3 Å². The highest BCUT2D eigenvalue weighted by Gasteiger charge is 2.21. The van der Waals surface area contributed by atoms with Crippen LogP contribution in [0.15, 0.2) is 30.5 Å². The third kappa shape index (κ3) is 4.29. The van der Waals surface area contributed by atoms with Crippen LogP contribution in [0.1, 0.15) is 23.3 Å². The van der Waals surface area contributed by atoms with Gasteiger partial charge in [0.15, 0.2) is 5.69 Å². The minimum absolute atomic E-state index is 0.111. The molecule has 0 atom stereocenters. The number of amides is 1. The topological polar surface area (TPSA) is 106 Å². The second-order valence-corrected chi connectivity index (χ2v) is 5.43. The molecule has 1 aromatic heterocycles. The zero-order valence-corrected chi connectivity index (χ0v) is 12.3. The van der Waals surface area contributed by atoms with Crippen molar-refractivity contribution in [2.45, 2.75) is 19.4 Å². The van der Waals surface area contributed by atoms with Gasteiger partial charge in [0.2, 0.25) is 5.91 Å². The molecule has 8 heteroatoms. The van der Waals surface area contributed by atoms with Crippen molar-refractivity contribution < 1.29 is 19.4 Å². The highest BCUT2D eigenvalue weighted by Crippen LogP contribution is 2.29. The maximum Gasteiger partial charge on any atom is 0.358 e. The van der Waals surface area contributed by atoms with Crippen LogP contribution in [0.4, 0.5) is 5.69 Å². The first-order valence-corrected chi connectivity index (χ1v) is 7.26. The molecule has 1 heterocycles. The fourth-order valence-corrected chi connectivity index (χ4v) is 1.95. The summed E-state index contributed by atoms with van der Waals surface area (Å²) in [5, 5.41) is 18.5. The Kier molecular flexibility index (Phi) is 4.22. The number of carbonyl (C=O) groups excluding carboxylic acids is 1. The van der Waals surface area contributed by atoms with Gasteiger partial charge in [0.1, 0.15) is 12.3 Å². The summed E-state index contributed by atoms with van der Waals surface area (Å²) in [7, 11) is 0. The minimum Gasteiger partial charge on any atom is -0.493 e. The third-order valence-electron chi connectivity index (χ3n) is 3.38. The second kappa shape index (κ2) is 6.47. The highest BCUT2D eigenvalue weighted by atomic mass is 16.5. The normalized spacial score (nSPS) is 13.6. The van der Waals surface area contributed by atoms with Gasteiger partial charge in [0, 0.05) is 5.69 Å². The molecule has 120 valence electrons. The Morgan fingerprint density at radius 2 is 2.04 bits per heavy atom. The van der Waals surface area contributed by atoms with Crippen molar-refractivity contribution >= 4 is 17.6 Å². The van der Waals surface area contributed by atoms with Crippen LogP contribution in [0.25, 0.3) is 0 Å². The van der Waals surface area contributed by atoms with E-state index in [4.69, 9.17) is 9.84 Å². The molecule has 0 saturated heterocycles. The molecule has 2 N–H and O–H groups in total. The minimum atomic E-state index is -1.18. The van der Waals surface area contributed by atoms with E-state index < -0.39 is 5.97 Å². The molecule has 1 amide bonds. The van der Waals surface area contributed by atoms with Crippen molar-refractivity contribution in [1.82, 2.24) is 15.0 Å². The Morgan fingerprint density at radius 3 is 2.65 bits per heavy atom. The van der Waals surface area contributed by atoms with Crippen LogP contribution >= 0.6 is 0 Å². The van der Waals surface area contributed by atoms with Gasteiger partial charge < -0.3 is 15.2 Å². The van der Waals surface area contributed by atoms with Gasteiger partial charge in [-0.2, -0.15) is 0 Å². The molecule has 1 aliphatic rings. The molecule has 0 bridgehead atoms. The number of hydrogen-bond donors (Lipinski definition) is 2. The van der Waals surface area contributed by atoms with Crippen molar-refractivity contribution in [2.75, 3.05) is 11.9 Å². The summed E-state index contributed by atoms with van der Waals surface area (Å²) in [5.74, 6) is -0.0399. The summed E-state index contributed by atoms with van der Waals surface area (Å²) in [4.78, 5) is 22.6. The molecule has 0 radical (unpaired) electrons. The van der Waals surface area contributed by atoms with Gasteiger partial charge in [0.25, 0.3) is 0 Å². The van der Waals surface area contributed by atoms with Gasteiger partial charge in [-0.25, -0.2) is 9.48 Å². The number of nitrogens with zero attached hydrogens (tertiary/aromatic N) is 3. The summed E-state index contributed by atoms with van der Waals surface area (Å²) < 4.78 is 6.79. The number of rotatable bonds is 7. The van der Waals surface area contributed by atoms with Crippen LogP contribution in [-0.2, 0) is 11.3 Å². The zero-order chi connectivity index (χ0) is 16.2. The number of aromatic nitrogens is 3. The predicted octanol–water partition coefficient (Wildman–Crippen LogP) is 1.40. The lowest BCUT2D eigenvalue weighted by molar-refractivity contribution is -0.116. The summed E-state index contributed by atoms with van der Waals surface area (Å²) in [6.45, 7) is 0.629. The largest absolute Gasteiger partial charge is 0.493 e. The number of carboxylic acids is 1. The van der Waals surface area contributed by atoms with Crippen LogP contribution in [0, 0.1) is 5.92 Å². The molecule has 23 heavy (non-hydrogen) atoms. The van der Waals surface area contributed by atoms with Gasteiger partial charge in [-0.15, -0.1) is 5.10 Å². The van der Waals surface area contributed by atoms with Gasteiger partial charge in [-0.1, -0.05) is 5.21 Å². The van der Waals surface area contributed by atoms with Crippen molar-refractivity contribution in [3.63, 3.8) is 0 Å². The Hall–Kier alpha value is -2.90. The summed E-state index contributed by atoms with van der Waals surface area (Å²) in [6.07, 6.45) is 3.68. The molecule has 0 aliphatic heterocycles. The molecule has 1 fully saturated rings. The van der Waals surface area contributed by atoms with E-state index in [9.17, 15) is 9.59 Å². The fraction of sp³-hybridized carbons (Fsp3) is 0.333. The first-order valence-electron chi connectivity index (χ1n) is 7.26. The Balaban J connectivity index is 1.51. The van der Waals surface area contributed by atoms with E-state index in [1.807, 2.05) is 0 Å². The maximum atomic E-state index is 11.9. The summed E-state index contributed by atoms with van der Waals surface area (Å²) in [5.41, 5.74) is 0.433. The lowest BCUT2D eigenvalue weighted by atomic mass is 10.3. The molecule has 0 spiro atoms. The molecule has 1 saturated carbocycles. The third-order valence-corrected chi connectivity index (χ3v) is 3.38. The fourth-order valence-electron chi connectivity index (χ4n) is 1.95. The smallest absolute Gasteiger partial charge is 0.358 e. The Morgan fingerprint density at radius 1 is 1.30 bits per heavy atom. The molecule has 0 unspecified atom stereocenters. The second-order valence-electron chi connectivity index (χ2n) is 5.43. The van der Waals surface area contributed by atoms with E-state index in [0.717, 1.165) is 12.4 Å². The molecular weight excluding hydrogens is 300 g/mol. The van der Waals surface area contributed by atoms with Crippen molar-refractivity contribution in [3.8, 4) is 5.75 Å². The van der Waals surface area contributed by atoms with Crippen LogP contribution in [0.5, 0.6) is 5.75 Å². The summed E-state index contributed by atoms with van der Waals surface area (Å²) >= 11 is 0. The summed E-state index contributed by atoms with van der Waals surface area (Å²) in [6, 6.07) is 7.11. The van der Waals surface area contributed by atoms with Crippen molar-refractivity contribution in [3.05, 3.63) is 36.2 Å². The number of ether oxygens (including phenoxy) is 1. The van der Waals surface area contributed by atoms with E-state index in [2.05, 4.69) is 15.6 Å². The SMILES string of the molecule is O=C(Cn1cc(C(=O)O)nn1)Nc1ccc(OCC2CC2)cc1. The number of hydrogen-bond acceptors (Lipinski definition) is 5. The molecule has 8 nitrogen and oxygen atoms in total. The van der Waals surface area contributed by atoms with Crippen LogP contribution in [-0.4, -0.2) is 38.6 Å². The molecule has 2 aromatic rings. The number of aromatic carboxylic acids is 1. The van der Waals surface area contributed by atoms with Crippen molar-refractivity contribution in [1.29, 1.82) is 0 Å². The number of nitrogens with one attached hydrogen (secondary N) is 1. The predicted molar refractivity (Wildman–Crippen MR) is 80.3 cm³/mol. The number of benzene rings is 1. The highest BCUT2D eigenvalue weighted by molar-refractivity contribution is 5.90. The number of carbonyl (C=O) groups is 2. The lowest BCUT2D eigenvalue weighted by Crippen LogP contribution is -2.19. The molecular formula is C15H16N4O4. The molecule has 1 aliphatic carbocycles. The van der Waals surface area contributed by atoms with E-state index in [1.165, 1.54) is 23.7 Å². The first-order chi connectivity index (χ1) is 11.1. The van der Waals surface area contributed by atoms with Crippen LogP contribution in [0.2, 0.25) is 0 Å². The maximum absolute atomic E-state index is 11.9.